The van der Waals surface area contributed by atoms with Crippen molar-refractivity contribution in [2.24, 2.45) is 4.99 Å². The van der Waals surface area contributed by atoms with Crippen LogP contribution < -0.4 is 25.0 Å². The first-order chi connectivity index (χ1) is 14.2. The summed E-state index contributed by atoms with van der Waals surface area (Å²) in [5.74, 6) is 2.09. The molecule has 30 heavy (non-hydrogen) atoms. The summed E-state index contributed by atoms with van der Waals surface area (Å²) in [6.07, 6.45) is 0. The zero-order valence-corrected chi connectivity index (χ0v) is 20.1. The first-order valence-corrected chi connectivity index (χ1v) is 9.93. The van der Waals surface area contributed by atoms with Gasteiger partial charge in [-0.3, -0.25) is 0 Å². The number of hydrogen-bond acceptors (Lipinski definition) is 5. The Kier molecular flexibility index (Phi) is 10.0. The zero-order valence-electron chi connectivity index (χ0n) is 17.8. The van der Waals surface area contributed by atoms with Gasteiger partial charge in [0.2, 0.25) is 0 Å². The molecule has 7 nitrogen and oxygen atoms in total. The van der Waals surface area contributed by atoms with E-state index in [-0.39, 0.29) is 24.0 Å². The Morgan fingerprint density at radius 3 is 2.50 bits per heavy atom. The minimum atomic E-state index is 0. The first kappa shape index (κ1) is 24.1. The Hall–Kier alpha value is -2.20. The summed E-state index contributed by atoms with van der Waals surface area (Å²) in [7, 11) is 3.26. The number of guanidine groups is 1. The van der Waals surface area contributed by atoms with E-state index in [1.165, 1.54) is 11.3 Å². The largest absolute Gasteiger partial charge is 0.493 e. The van der Waals surface area contributed by atoms with Crippen molar-refractivity contribution in [2.45, 2.75) is 13.5 Å². The molecule has 1 fully saturated rings. The van der Waals surface area contributed by atoms with Gasteiger partial charge < -0.3 is 29.7 Å². The van der Waals surface area contributed by atoms with E-state index in [0.29, 0.717) is 18.0 Å². The average Bonchev–Trinajstić information content (AvgIpc) is 2.78. The summed E-state index contributed by atoms with van der Waals surface area (Å²) in [5, 5.41) is 6.64. The molecule has 0 radical (unpaired) electrons. The normalized spacial score (nSPS) is 14.0. The Balaban J connectivity index is 0.00000320. The van der Waals surface area contributed by atoms with Gasteiger partial charge in [-0.25, -0.2) is 4.99 Å². The van der Waals surface area contributed by atoms with E-state index < -0.39 is 0 Å². The average molecular weight is 526 g/mol. The van der Waals surface area contributed by atoms with Crippen molar-refractivity contribution in [3.8, 4) is 11.5 Å². The van der Waals surface area contributed by atoms with Crippen LogP contribution in [0.2, 0.25) is 0 Å². The molecule has 0 aromatic heterocycles. The molecule has 2 aromatic carbocycles. The molecule has 2 aromatic rings. The molecule has 1 saturated heterocycles. The maximum absolute atomic E-state index is 5.48. The number of halogens is 1. The van der Waals surface area contributed by atoms with Crippen molar-refractivity contribution in [2.75, 3.05) is 57.3 Å². The number of nitrogens with one attached hydrogen (secondary N) is 2. The van der Waals surface area contributed by atoms with Crippen LogP contribution >= 0.6 is 24.0 Å². The predicted molar refractivity (Wildman–Crippen MR) is 133 cm³/mol. The Bertz CT molecular complexity index is 826. The zero-order chi connectivity index (χ0) is 20.5. The number of hydrogen-bond donors (Lipinski definition) is 2. The molecule has 2 N–H and O–H groups in total. The van der Waals surface area contributed by atoms with Crippen LogP contribution in [0.4, 0.5) is 11.4 Å². The number of morpholine rings is 1. The Morgan fingerprint density at radius 1 is 1.07 bits per heavy atom. The fourth-order valence-corrected chi connectivity index (χ4v) is 3.28. The predicted octanol–water partition coefficient (Wildman–Crippen LogP) is 3.74. The number of para-hydroxylation sites is 1. The summed E-state index contributed by atoms with van der Waals surface area (Å²) in [4.78, 5) is 7.16. The fourth-order valence-electron chi connectivity index (χ4n) is 3.28. The maximum atomic E-state index is 5.48. The molecular formula is C22H31IN4O3. The van der Waals surface area contributed by atoms with Crippen molar-refractivity contribution in [3.63, 3.8) is 0 Å². The van der Waals surface area contributed by atoms with Crippen LogP contribution in [0.25, 0.3) is 0 Å². The van der Waals surface area contributed by atoms with Crippen molar-refractivity contribution in [1.82, 2.24) is 5.32 Å². The van der Waals surface area contributed by atoms with Crippen molar-refractivity contribution >= 4 is 41.3 Å². The van der Waals surface area contributed by atoms with Crippen LogP contribution in [-0.4, -0.2) is 53.0 Å². The lowest BCUT2D eigenvalue weighted by Crippen LogP contribution is -2.36. The van der Waals surface area contributed by atoms with Gasteiger partial charge in [-0.1, -0.05) is 18.2 Å². The van der Waals surface area contributed by atoms with Crippen LogP contribution in [-0.2, 0) is 11.3 Å². The van der Waals surface area contributed by atoms with Crippen molar-refractivity contribution < 1.29 is 14.2 Å². The third-order valence-electron chi connectivity index (χ3n) is 4.74. The van der Waals surface area contributed by atoms with Gasteiger partial charge >= 0.3 is 0 Å². The third kappa shape index (κ3) is 6.40. The molecule has 1 heterocycles. The van der Waals surface area contributed by atoms with Gasteiger partial charge in [-0.05, 0) is 30.7 Å². The topological polar surface area (TPSA) is 67.4 Å². The van der Waals surface area contributed by atoms with E-state index in [1.54, 1.807) is 14.2 Å². The second-order valence-electron chi connectivity index (χ2n) is 6.62. The highest BCUT2D eigenvalue weighted by Gasteiger charge is 2.14. The number of anilines is 2. The molecule has 0 aliphatic carbocycles. The highest BCUT2D eigenvalue weighted by atomic mass is 127. The summed E-state index contributed by atoms with van der Waals surface area (Å²) in [6.45, 7) is 6.74. The molecule has 8 heteroatoms. The standard InChI is InChI=1S/C22H30N4O3.HI/c1-4-23-22(25-18-9-10-20(27-2)21(15-18)28-3)24-16-17-7-5-6-8-19(17)26-11-13-29-14-12-26;/h5-10,15H,4,11-14,16H2,1-3H3,(H2,23,24,25);1H. The molecule has 164 valence electrons. The van der Waals surface area contributed by atoms with Crippen molar-refractivity contribution in [3.05, 3.63) is 48.0 Å². The highest BCUT2D eigenvalue weighted by Crippen LogP contribution is 2.29. The number of benzene rings is 2. The van der Waals surface area contributed by atoms with Gasteiger partial charge in [-0.2, -0.15) is 0 Å². The van der Waals surface area contributed by atoms with E-state index in [2.05, 4.69) is 39.8 Å². The molecule has 0 bridgehead atoms. The molecule has 0 atom stereocenters. The van der Waals surface area contributed by atoms with Gasteiger partial charge in [0.1, 0.15) is 0 Å². The van der Waals surface area contributed by atoms with Crippen LogP contribution in [0, 0.1) is 0 Å². The molecular weight excluding hydrogens is 495 g/mol. The lowest BCUT2D eigenvalue weighted by Gasteiger charge is -2.30. The highest BCUT2D eigenvalue weighted by molar-refractivity contribution is 14.0. The summed E-state index contributed by atoms with van der Waals surface area (Å²) < 4.78 is 16.2. The number of rotatable bonds is 7. The molecule has 0 spiro atoms. The van der Waals surface area contributed by atoms with Crippen molar-refractivity contribution in [1.29, 1.82) is 0 Å². The first-order valence-electron chi connectivity index (χ1n) is 9.93. The lowest BCUT2D eigenvalue weighted by atomic mass is 10.1. The van der Waals surface area contributed by atoms with Crippen LogP contribution in [0.15, 0.2) is 47.5 Å². The second-order valence-corrected chi connectivity index (χ2v) is 6.62. The molecule has 0 amide bonds. The molecule has 1 aliphatic rings. The molecule has 0 unspecified atom stereocenters. The monoisotopic (exact) mass is 526 g/mol. The van der Waals surface area contributed by atoms with E-state index >= 15 is 0 Å². The van der Waals surface area contributed by atoms with Gasteiger partial charge in [0.15, 0.2) is 17.5 Å². The fraction of sp³-hybridized carbons (Fsp3) is 0.409. The Morgan fingerprint density at radius 2 is 1.80 bits per heavy atom. The minimum Gasteiger partial charge on any atom is -0.493 e. The van der Waals surface area contributed by atoms with E-state index in [4.69, 9.17) is 19.2 Å². The van der Waals surface area contributed by atoms with E-state index in [0.717, 1.165) is 44.5 Å². The van der Waals surface area contributed by atoms with Gasteiger partial charge in [0.25, 0.3) is 0 Å². The molecule has 3 rings (SSSR count). The number of nitrogens with zero attached hydrogens (tertiary/aromatic N) is 2. The number of methoxy groups -OCH3 is 2. The second kappa shape index (κ2) is 12.5. The number of ether oxygens (including phenoxy) is 3. The van der Waals surface area contributed by atoms with Gasteiger partial charge in [0.05, 0.1) is 34.0 Å². The van der Waals surface area contributed by atoms with Gasteiger partial charge in [-0.15, -0.1) is 24.0 Å². The summed E-state index contributed by atoms with van der Waals surface area (Å²) in [5.41, 5.74) is 3.30. The van der Waals surface area contributed by atoms with Crippen LogP contribution in [0.3, 0.4) is 0 Å². The van der Waals surface area contributed by atoms with Crippen LogP contribution in [0.1, 0.15) is 12.5 Å². The van der Waals surface area contributed by atoms with Crippen LogP contribution in [0.5, 0.6) is 11.5 Å². The van der Waals surface area contributed by atoms with Gasteiger partial charge in [0, 0.05) is 37.1 Å². The lowest BCUT2D eigenvalue weighted by molar-refractivity contribution is 0.122. The summed E-state index contributed by atoms with van der Waals surface area (Å²) in [6, 6.07) is 14.1. The maximum Gasteiger partial charge on any atom is 0.196 e. The Labute approximate surface area is 195 Å². The smallest absolute Gasteiger partial charge is 0.196 e. The molecule has 1 aliphatic heterocycles. The minimum absolute atomic E-state index is 0. The quantitative estimate of drug-likeness (QED) is 0.326. The number of aliphatic imine (C=N–C) groups is 1. The third-order valence-corrected chi connectivity index (χ3v) is 4.74. The SMILES string of the molecule is CCNC(=NCc1ccccc1N1CCOCC1)Nc1ccc(OC)c(OC)c1.I. The molecule has 0 saturated carbocycles. The summed E-state index contributed by atoms with van der Waals surface area (Å²) >= 11 is 0. The van der Waals surface area contributed by atoms with E-state index in [9.17, 15) is 0 Å². The van der Waals surface area contributed by atoms with E-state index in [1.807, 2.05) is 25.1 Å².